The van der Waals surface area contributed by atoms with Crippen LogP contribution in [-0.2, 0) is 42.9 Å². The summed E-state index contributed by atoms with van der Waals surface area (Å²) in [5.41, 5.74) is 0.955. The second-order valence-corrected chi connectivity index (χ2v) is 8.48. The summed E-state index contributed by atoms with van der Waals surface area (Å²) in [5, 5.41) is 0.686. The van der Waals surface area contributed by atoms with Crippen molar-refractivity contribution in [3.05, 3.63) is 39.7 Å². The number of hydrogen-bond donors (Lipinski definition) is 0. The fourth-order valence-electron chi connectivity index (χ4n) is 3.92. The zero-order valence-corrected chi connectivity index (χ0v) is 21.2. The van der Waals surface area contributed by atoms with E-state index < -0.39 is 60.2 Å². The molecule has 12 heteroatoms. The summed E-state index contributed by atoms with van der Waals surface area (Å²) in [5.74, 6) is -2.72. The van der Waals surface area contributed by atoms with E-state index in [-0.39, 0.29) is 17.9 Å². The molecular formula is C25H28O12. The summed E-state index contributed by atoms with van der Waals surface area (Å²) in [6.07, 6.45) is -6.62. The van der Waals surface area contributed by atoms with Gasteiger partial charge in [-0.1, -0.05) is 0 Å². The first-order chi connectivity index (χ1) is 17.4. The van der Waals surface area contributed by atoms with Crippen LogP contribution in [0.15, 0.2) is 27.4 Å². The number of fused-ring (bicyclic) bond motifs is 1. The van der Waals surface area contributed by atoms with E-state index >= 15 is 0 Å². The second kappa shape index (κ2) is 11.4. The summed E-state index contributed by atoms with van der Waals surface area (Å²) >= 11 is 0. The number of rotatable bonds is 7. The summed E-state index contributed by atoms with van der Waals surface area (Å²) in [4.78, 5) is 59.3. The van der Waals surface area contributed by atoms with Crippen LogP contribution in [0.4, 0.5) is 0 Å². The molecule has 1 aromatic carbocycles. The standard InChI is InChI=1S/C25H28O12/c1-11-12(2)24(30)36-19-9-17(7-8-18(11)19)35-25-23(34-16(6)29)22(33-15(5)28)21(32-14(4)27)20(37-25)10-31-13(3)26/h7-9,20-23,25H,10H2,1-6H3. The molecule has 0 saturated carbocycles. The van der Waals surface area contributed by atoms with Crippen LogP contribution in [0.5, 0.6) is 5.75 Å². The number of aryl methyl sites for hydroxylation is 1. The van der Waals surface area contributed by atoms with Crippen LogP contribution in [0.2, 0.25) is 0 Å². The molecule has 5 atom stereocenters. The van der Waals surface area contributed by atoms with Crippen molar-refractivity contribution in [2.45, 2.75) is 72.2 Å². The van der Waals surface area contributed by atoms with E-state index in [0.717, 1.165) is 26.3 Å². The third-order valence-corrected chi connectivity index (χ3v) is 5.63. The van der Waals surface area contributed by atoms with Crippen molar-refractivity contribution in [2.75, 3.05) is 6.61 Å². The van der Waals surface area contributed by atoms with Crippen molar-refractivity contribution in [1.82, 2.24) is 0 Å². The molecule has 1 aromatic heterocycles. The predicted molar refractivity (Wildman–Crippen MR) is 125 cm³/mol. The lowest BCUT2D eigenvalue weighted by Crippen LogP contribution is -2.63. The van der Waals surface area contributed by atoms with Crippen molar-refractivity contribution < 1.29 is 52.0 Å². The molecule has 0 bridgehead atoms. The lowest BCUT2D eigenvalue weighted by Gasteiger charge is -2.43. The molecule has 1 aliphatic rings. The molecule has 0 N–H and O–H groups in total. The maximum Gasteiger partial charge on any atom is 0.339 e. The highest BCUT2D eigenvalue weighted by Crippen LogP contribution is 2.32. The summed E-state index contributed by atoms with van der Waals surface area (Å²) in [6.45, 7) is 7.61. The minimum atomic E-state index is -1.41. The Morgan fingerprint density at radius 3 is 2.00 bits per heavy atom. The fraction of sp³-hybridized carbons (Fsp3) is 0.480. The Balaban J connectivity index is 2.04. The molecule has 1 fully saturated rings. The minimum Gasteiger partial charge on any atom is -0.463 e. The van der Waals surface area contributed by atoms with Gasteiger partial charge in [0.25, 0.3) is 0 Å². The lowest BCUT2D eigenvalue weighted by molar-refractivity contribution is -0.288. The van der Waals surface area contributed by atoms with E-state index in [1.165, 1.54) is 13.0 Å². The SMILES string of the molecule is CC(=O)OCC1OC(Oc2ccc3c(C)c(C)c(=O)oc3c2)C(OC(C)=O)C(OC(C)=O)C1OC(C)=O. The average molecular weight is 520 g/mol. The van der Waals surface area contributed by atoms with E-state index in [9.17, 15) is 24.0 Å². The quantitative estimate of drug-likeness (QED) is 0.297. The number of esters is 4. The van der Waals surface area contributed by atoms with E-state index in [1.54, 1.807) is 26.0 Å². The van der Waals surface area contributed by atoms with Crippen LogP contribution in [0.3, 0.4) is 0 Å². The highest BCUT2D eigenvalue weighted by atomic mass is 16.7. The van der Waals surface area contributed by atoms with Crippen molar-refractivity contribution in [3.63, 3.8) is 0 Å². The number of hydrogen-bond acceptors (Lipinski definition) is 12. The van der Waals surface area contributed by atoms with E-state index in [1.807, 2.05) is 0 Å². The maximum atomic E-state index is 12.1. The van der Waals surface area contributed by atoms with Crippen LogP contribution in [0.1, 0.15) is 38.8 Å². The van der Waals surface area contributed by atoms with Crippen molar-refractivity contribution in [1.29, 1.82) is 0 Å². The summed E-state index contributed by atoms with van der Waals surface area (Å²) in [7, 11) is 0. The van der Waals surface area contributed by atoms with Gasteiger partial charge in [-0.3, -0.25) is 19.2 Å². The Bertz CT molecular complexity index is 1260. The number of ether oxygens (including phenoxy) is 6. The summed E-state index contributed by atoms with van der Waals surface area (Å²) in [6, 6.07) is 4.72. The predicted octanol–water partition coefficient (Wildman–Crippen LogP) is 1.87. The third kappa shape index (κ3) is 6.64. The van der Waals surface area contributed by atoms with E-state index in [2.05, 4.69) is 0 Å². The van der Waals surface area contributed by atoms with Crippen LogP contribution < -0.4 is 10.4 Å². The average Bonchev–Trinajstić information content (AvgIpc) is 2.79. The molecule has 0 spiro atoms. The maximum absolute atomic E-state index is 12.1. The largest absolute Gasteiger partial charge is 0.463 e. The number of carbonyl (C=O) groups excluding carboxylic acids is 4. The van der Waals surface area contributed by atoms with Gasteiger partial charge in [0.2, 0.25) is 12.4 Å². The zero-order chi connectivity index (χ0) is 27.4. The molecule has 200 valence electrons. The van der Waals surface area contributed by atoms with Gasteiger partial charge >= 0.3 is 29.5 Å². The molecule has 12 nitrogen and oxygen atoms in total. The molecule has 1 saturated heterocycles. The topological polar surface area (TPSA) is 154 Å². The molecule has 0 aliphatic carbocycles. The molecule has 5 unspecified atom stereocenters. The first-order valence-electron chi connectivity index (χ1n) is 11.4. The van der Waals surface area contributed by atoms with Gasteiger partial charge < -0.3 is 32.8 Å². The summed E-state index contributed by atoms with van der Waals surface area (Å²) < 4.78 is 38.4. The van der Waals surface area contributed by atoms with Gasteiger partial charge in [-0.2, -0.15) is 0 Å². The normalized spacial score (nSPS) is 23.1. The Morgan fingerprint density at radius 2 is 1.41 bits per heavy atom. The van der Waals surface area contributed by atoms with Gasteiger partial charge in [-0.25, -0.2) is 4.79 Å². The molecule has 0 radical (unpaired) electrons. The van der Waals surface area contributed by atoms with Crippen LogP contribution in [0, 0.1) is 13.8 Å². The number of benzene rings is 1. The number of carbonyl (C=O) groups is 4. The van der Waals surface area contributed by atoms with Crippen LogP contribution in [-0.4, -0.2) is 61.2 Å². The van der Waals surface area contributed by atoms with Crippen LogP contribution in [0.25, 0.3) is 11.0 Å². The van der Waals surface area contributed by atoms with Crippen molar-refractivity contribution in [3.8, 4) is 5.75 Å². The van der Waals surface area contributed by atoms with Gasteiger partial charge in [0.15, 0.2) is 12.2 Å². The molecule has 2 aromatic rings. The zero-order valence-electron chi connectivity index (χ0n) is 21.2. The third-order valence-electron chi connectivity index (χ3n) is 5.63. The first kappa shape index (κ1) is 27.7. The first-order valence-corrected chi connectivity index (χ1v) is 11.4. The van der Waals surface area contributed by atoms with Gasteiger partial charge in [0, 0.05) is 44.7 Å². The molecule has 1 aliphatic heterocycles. The van der Waals surface area contributed by atoms with E-state index in [4.69, 9.17) is 32.8 Å². The molecule has 3 rings (SSSR count). The molecule has 2 heterocycles. The Morgan fingerprint density at radius 1 is 0.811 bits per heavy atom. The second-order valence-electron chi connectivity index (χ2n) is 8.48. The van der Waals surface area contributed by atoms with Crippen molar-refractivity contribution >= 4 is 34.8 Å². The van der Waals surface area contributed by atoms with Crippen LogP contribution >= 0.6 is 0 Å². The lowest BCUT2D eigenvalue weighted by atomic mass is 9.98. The minimum absolute atomic E-state index is 0.166. The Labute approximate surface area is 211 Å². The smallest absolute Gasteiger partial charge is 0.339 e. The van der Waals surface area contributed by atoms with Gasteiger partial charge in [0.05, 0.1) is 0 Å². The molecular weight excluding hydrogens is 492 g/mol. The highest BCUT2D eigenvalue weighted by molar-refractivity contribution is 5.82. The molecule has 0 amide bonds. The molecule has 37 heavy (non-hydrogen) atoms. The fourth-order valence-corrected chi connectivity index (χ4v) is 3.92. The van der Waals surface area contributed by atoms with Crippen molar-refractivity contribution in [2.24, 2.45) is 0 Å². The van der Waals surface area contributed by atoms with E-state index in [0.29, 0.717) is 10.9 Å². The van der Waals surface area contributed by atoms with Gasteiger partial charge in [-0.05, 0) is 31.5 Å². The Hall–Kier alpha value is -3.93. The van der Waals surface area contributed by atoms with Gasteiger partial charge in [-0.15, -0.1) is 0 Å². The monoisotopic (exact) mass is 520 g/mol. The highest BCUT2D eigenvalue weighted by Gasteiger charge is 2.53. The van der Waals surface area contributed by atoms with Gasteiger partial charge in [0.1, 0.15) is 24.0 Å². The Kier molecular flexibility index (Phi) is 8.53.